The number of carbonyl (C=O) groups is 1. The van der Waals surface area contributed by atoms with Gasteiger partial charge in [-0.25, -0.2) is 0 Å². The van der Waals surface area contributed by atoms with Crippen LogP contribution < -0.4 is 5.32 Å². The summed E-state index contributed by atoms with van der Waals surface area (Å²) in [6.45, 7) is 9.36. The Bertz CT molecular complexity index is 638. The van der Waals surface area contributed by atoms with Crippen molar-refractivity contribution in [1.82, 2.24) is 5.32 Å². The number of carboxylic acids is 1. The molecule has 4 saturated carbocycles. The highest BCUT2D eigenvalue weighted by molar-refractivity contribution is 5.66. The van der Waals surface area contributed by atoms with Crippen molar-refractivity contribution in [3.63, 3.8) is 0 Å². The van der Waals surface area contributed by atoms with Crippen molar-refractivity contribution in [3.05, 3.63) is 0 Å². The summed E-state index contributed by atoms with van der Waals surface area (Å²) < 4.78 is 6.21. The van der Waals surface area contributed by atoms with Crippen LogP contribution in [0.25, 0.3) is 0 Å². The van der Waals surface area contributed by atoms with Gasteiger partial charge in [-0.2, -0.15) is 0 Å². The average Bonchev–Trinajstić information content (AvgIpc) is 3.09. The van der Waals surface area contributed by atoms with Crippen LogP contribution in [0.4, 0.5) is 0 Å². The van der Waals surface area contributed by atoms with Crippen molar-refractivity contribution in [2.75, 3.05) is 20.2 Å². The van der Waals surface area contributed by atoms with Gasteiger partial charge >= 0.3 is 5.97 Å². The van der Waals surface area contributed by atoms with Crippen LogP contribution in [0, 0.1) is 46.3 Å². The third-order valence-electron chi connectivity index (χ3n) is 10.9. The van der Waals surface area contributed by atoms with Crippen LogP contribution in [-0.2, 0) is 9.53 Å². The van der Waals surface area contributed by atoms with Crippen molar-refractivity contribution >= 4 is 5.97 Å². The Hall–Kier alpha value is -0.610. The molecule has 4 aliphatic carbocycles. The molecule has 4 rings (SSSR count). The van der Waals surface area contributed by atoms with E-state index in [4.69, 9.17) is 9.84 Å². The summed E-state index contributed by atoms with van der Waals surface area (Å²) in [5.74, 6) is 4.14. The molecule has 0 spiro atoms. The van der Waals surface area contributed by atoms with Crippen LogP contribution in [0.2, 0.25) is 0 Å². The van der Waals surface area contributed by atoms with E-state index >= 15 is 0 Å². The minimum atomic E-state index is -0.632. The van der Waals surface area contributed by atoms with Crippen molar-refractivity contribution < 1.29 is 14.6 Å². The van der Waals surface area contributed by atoms with Crippen LogP contribution in [0.5, 0.6) is 0 Å². The molecule has 31 heavy (non-hydrogen) atoms. The lowest BCUT2D eigenvalue weighted by molar-refractivity contribution is -0.139. The quantitative estimate of drug-likeness (QED) is 0.479. The van der Waals surface area contributed by atoms with E-state index in [2.05, 4.69) is 26.1 Å². The van der Waals surface area contributed by atoms with Crippen molar-refractivity contribution in [3.8, 4) is 0 Å². The fraction of sp³-hybridized carbons (Fsp3) is 0.963. The van der Waals surface area contributed by atoms with Gasteiger partial charge in [0.05, 0.1) is 12.7 Å². The lowest BCUT2D eigenvalue weighted by Gasteiger charge is -2.61. The highest BCUT2D eigenvalue weighted by Gasteiger charge is 2.60. The molecule has 2 N–H and O–H groups in total. The SMILES string of the molecule is CNCCO[C@H]1CC[C@]2(C)C3CC[C@]4(C)C(C(C)CCC(=O)O)CCC4[C@@H]3CC[C@@H]2C1. The minimum absolute atomic E-state index is 0.335. The van der Waals surface area contributed by atoms with E-state index < -0.39 is 5.97 Å². The number of ether oxygens (including phenoxy) is 1. The van der Waals surface area contributed by atoms with Crippen LogP contribution in [0.15, 0.2) is 0 Å². The molecule has 0 bridgehead atoms. The van der Waals surface area contributed by atoms with E-state index in [1.807, 2.05) is 7.05 Å². The molecule has 4 unspecified atom stereocenters. The van der Waals surface area contributed by atoms with Crippen molar-refractivity contribution in [2.45, 2.75) is 97.5 Å². The summed E-state index contributed by atoms with van der Waals surface area (Å²) in [6, 6.07) is 0. The normalized spacial score (nSPS) is 45.4. The smallest absolute Gasteiger partial charge is 0.303 e. The zero-order chi connectivity index (χ0) is 22.2. The average molecular weight is 434 g/mol. The number of carboxylic acid groups (broad SMARTS) is 1. The van der Waals surface area contributed by atoms with E-state index in [1.165, 1.54) is 57.8 Å². The van der Waals surface area contributed by atoms with Crippen LogP contribution >= 0.6 is 0 Å². The van der Waals surface area contributed by atoms with Gasteiger partial charge in [-0.15, -0.1) is 0 Å². The molecule has 0 saturated heterocycles. The Morgan fingerprint density at radius 1 is 1.06 bits per heavy atom. The molecule has 178 valence electrons. The maximum Gasteiger partial charge on any atom is 0.303 e. The number of likely N-dealkylation sites (N-methyl/N-ethyl adjacent to an activating group) is 1. The summed E-state index contributed by atoms with van der Waals surface area (Å²) in [4.78, 5) is 11.1. The molecule has 0 aromatic rings. The van der Waals surface area contributed by atoms with E-state index in [-0.39, 0.29) is 0 Å². The number of hydrogen-bond donors (Lipinski definition) is 2. The number of aliphatic carboxylic acids is 1. The summed E-state index contributed by atoms with van der Waals surface area (Å²) >= 11 is 0. The Kier molecular flexibility index (Phi) is 7.09. The van der Waals surface area contributed by atoms with Gasteiger partial charge in [0.2, 0.25) is 0 Å². The maximum absolute atomic E-state index is 11.1. The molecule has 0 aliphatic heterocycles. The Morgan fingerprint density at radius 2 is 1.81 bits per heavy atom. The van der Waals surface area contributed by atoms with Gasteiger partial charge in [-0.1, -0.05) is 20.8 Å². The van der Waals surface area contributed by atoms with E-state index in [9.17, 15) is 4.79 Å². The molecule has 0 aromatic carbocycles. The lowest BCUT2D eigenvalue weighted by Crippen LogP contribution is -2.54. The summed E-state index contributed by atoms with van der Waals surface area (Å²) in [5.41, 5.74) is 0.954. The van der Waals surface area contributed by atoms with E-state index in [0.29, 0.717) is 29.3 Å². The maximum atomic E-state index is 11.1. The van der Waals surface area contributed by atoms with Crippen LogP contribution in [0.3, 0.4) is 0 Å². The van der Waals surface area contributed by atoms with Gasteiger partial charge in [0.25, 0.3) is 0 Å². The second-order valence-electron chi connectivity index (χ2n) is 12.2. The molecule has 0 radical (unpaired) electrons. The zero-order valence-corrected chi connectivity index (χ0v) is 20.5. The molecule has 4 fully saturated rings. The van der Waals surface area contributed by atoms with Gasteiger partial charge in [0.15, 0.2) is 0 Å². The molecule has 0 heterocycles. The summed E-state index contributed by atoms with van der Waals surface area (Å²) in [7, 11) is 2.00. The first-order valence-electron chi connectivity index (χ1n) is 13.3. The first-order valence-corrected chi connectivity index (χ1v) is 13.3. The highest BCUT2D eigenvalue weighted by atomic mass is 16.5. The standard InChI is InChI=1S/C27H47NO3/c1-18(5-10-25(29)30)22-8-9-23-21-7-6-19-17-20(31-16-15-28-4)11-13-26(19,2)24(21)12-14-27(22,23)3/h18-24,28H,5-17H2,1-4H3,(H,29,30)/t18?,19-,20+,21+,22?,23?,24?,26+,27-/m1/s1. The minimum Gasteiger partial charge on any atom is -0.481 e. The Labute approximate surface area is 190 Å². The molecule has 9 atom stereocenters. The van der Waals surface area contributed by atoms with Crippen molar-refractivity contribution in [2.24, 2.45) is 46.3 Å². The fourth-order valence-electron chi connectivity index (χ4n) is 9.23. The molecule has 4 aliphatic rings. The lowest BCUT2D eigenvalue weighted by atomic mass is 9.44. The summed E-state index contributed by atoms with van der Waals surface area (Å²) in [5, 5.41) is 12.4. The molecular formula is C27H47NO3. The molecule has 4 nitrogen and oxygen atoms in total. The summed E-state index contributed by atoms with van der Waals surface area (Å²) in [6.07, 6.45) is 13.8. The first kappa shape index (κ1) is 23.5. The molecule has 0 amide bonds. The zero-order valence-electron chi connectivity index (χ0n) is 20.5. The van der Waals surface area contributed by atoms with E-state index in [0.717, 1.165) is 49.2 Å². The monoisotopic (exact) mass is 433 g/mol. The van der Waals surface area contributed by atoms with E-state index in [1.54, 1.807) is 0 Å². The predicted octanol–water partition coefficient (Wildman–Crippen LogP) is 5.75. The second kappa shape index (κ2) is 9.33. The second-order valence-corrected chi connectivity index (χ2v) is 12.2. The Balaban J connectivity index is 1.42. The number of hydrogen-bond acceptors (Lipinski definition) is 3. The van der Waals surface area contributed by atoms with Crippen LogP contribution in [0.1, 0.15) is 91.4 Å². The molecule has 4 heteroatoms. The van der Waals surface area contributed by atoms with Gasteiger partial charge in [0, 0.05) is 13.0 Å². The van der Waals surface area contributed by atoms with Gasteiger partial charge in [-0.05, 0) is 118 Å². The Morgan fingerprint density at radius 3 is 2.55 bits per heavy atom. The van der Waals surface area contributed by atoms with Crippen LogP contribution in [-0.4, -0.2) is 37.4 Å². The van der Waals surface area contributed by atoms with Gasteiger partial charge in [0.1, 0.15) is 0 Å². The number of fused-ring (bicyclic) bond motifs is 5. The van der Waals surface area contributed by atoms with Gasteiger partial charge in [-0.3, -0.25) is 4.79 Å². The van der Waals surface area contributed by atoms with Crippen molar-refractivity contribution in [1.29, 1.82) is 0 Å². The molecule has 0 aromatic heterocycles. The van der Waals surface area contributed by atoms with Gasteiger partial charge < -0.3 is 15.2 Å². The third-order valence-corrected chi connectivity index (χ3v) is 10.9. The largest absolute Gasteiger partial charge is 0.481 e. The first-order chi connectivity index (χ1) is 14.8. The predicted molar refractivity (Wildman–Crippen MR) is 125 cm³/mol. The number of nitrogens with one attached hydrogen (secondary N) is 1. The fourth-order valence-corrected chi connectivity index (χ4v) is 9.23. The molecular weight excluding hydrogens is 386 g/mol. The topological polar surface area (TPSA) is 58.6 Å². The highest BCUT2D eigenvalue weighted by Crippen LogP contribution is 2.68. The third kappa shape index (κ3) is 4.33. The number of rotatable bonds is 8.